The van der Waals surface area contributed by atoms with Gasteiger partial charge >= 0.3 is 0 Å². The van der Waals surface area contributed by atoms with Crippen LogP contribution in [0.15, 0.2) is 43.0 Å². The van der Waals surface area contributed by atoms with E-state index in [-0.39, 0.29) is 12.6 Å². The molecule has 0 fully saturated rings. The van der Waals surface area contributed by atoms with Crippen LogP contribution < -0.4 is 0 Å². The van der Waals surface area contributed by atoms with E-state index in [1.165, 1.54) is 6.08 Å². The van der Waals surface area contributed by atoms with Gasteiger partial charge in [0.25, 0.3) is 0 Å². The van der Waals surface area contributed by atoms with E-state index in [1.807, 2.05) is 18.2 Å². The maximum absolute atomic E-state index is 12.0. The predicted octanol–water partition coefficient (Wildman–Crippen LogP) is 2.06. The van der Waals surface area contributed by atoms with Gasteiger partial charge in [-0.1, -0.05) is 36.4 Å². The molecule has 4 heteroatoms. The molecule has 4 nitrogen and oxygen atoms in total. The third-order valence-electron chi connectivity index (χ3n) is 2.29. The van der Waals surface area contributed by atoms with E-state index < -0.39 is 6.10 Å². The molecular weight excluding hydrogens is 232 g/mol. The molecule has 0 unspecified atom stereocenters. The summed E-state index contributed by atoms with van der Waals surface area (Å²) < 4.78 is 15.3. The summed E-state index contributed by atoms with van der Waals surface area (Å²) in [4.78, 5) is 12.0. The SMILES string of the molecule is C=C[C@H](OCOCCOC)C(=O)c1ccccc1. The minimum Gasteiger partial charge on any atom is -0.382 e. The summed E-state index contributed by atoms with van der Waals surface area (Å²) in [7, 11) is 1.59. The second-order valence-corrected chi connectivity index (χ2v) is 3.57. The first-order chi connectivity index (χ1) is 8.79. The molecule has 18 heavy (non-hydrogen) atoms. The molecule has 0 saturated heterocycles. The third-order valence-corrected chi connectivity index (χ3v) is 2.29. The lowest BCUT2D eigenvalue weighted by Gasteiger charge is -2.13. The lowest BCUT2D eigenvalue weighted by atomic mass is 10.1. The largest absolute Gasteiger partial charge is 0.382 e. The molecular formula is C14H18O4. The molecule has 0 radical (unpaired) electrons. The van der Waals surface area contributed by atoms with E-state index in [1.54, 1.807) is 19.2 Å². The van der Waals surface area contributed by atoms with E-state index in [0.717, 1.165) is 0 Å². The first-order valence-electron chi connectivity index (χ1n) is 5.69. The summed E-state index contributed by atoms with van der Waals surface area (Å²) in [5.41, 5.74) is 0.597. The monoisotopic (exact) mass is 250 g/mol. The summed E-state index contributed by atoms with van der Waals surface area (Å²) >= 11 is 0. The van der Waals surface area contributed by atoms with Gasteiger partial charge in [-0.15, -0.1) is 6.58 Å². The molecule has 0 aliphatic carbocycles. The fourth-order valence-electron chi connectivity index (χ4n) is 1.34. The Labute approximate surface area is 107 Å². The normalized spacial score (nSPS) is 12.1. The minimum atomic E-state index is -0.685. The molecule has 0 N–H and O–H groups in total. The molecule has 0 aliphatic rings. The van der Waals surface area contributed by atoms with Crippen molar-refractivity contribution in [2.75, 3.05) is 27.1 Å². The highest BCUT2D eigenvalue weighted by atomic mass is 16.7. The van der Waals surface area contributed by atoms with Crippen molar-refractivity contribution in [2.24, 2.45) is 0 Å². The van der Waals surface area contributed by atoms with Gasteiger partial charge in [-0.2, -0.15) is 0 Å². The highest BCUT2D eigenvalue weighted by Crippen LogP contribution is 2.07. The Balaban J connectivity index is 2.41. The Hall–Kier alpha value is -1.49. The van der Waals surface area contributed by atoms with Gasteiger partial charge in [0.1, 0.15) is 12.9 Å². The molecule has 0 spiro atoms. The lowest BCUT2D eigenvalue weighted by Crippen LogP contribution is -2.23. The van der Waals surface area contributed by atoms with Crippen LogP contribution in [0.3, 0.4) is 0 Å². The predicted molar refractivity (Wildman–Crippen MR) is 68.5 cm³/mol. The second-order valence-electron chi connectivity index (χ2n) is 3.57. The van der Waals surface area contributed by atoms with Crippen molar-refractivity contribution in [1.29, 1.82) is 0 Å². The fraction of sp³-hybridized carbons (Fsp3) is 0.357. The molecule has 0 amide bonds. The maximum Gasteiger partial charge on any atom is 0.195 e. The summed E-state index contributed by atoms with van der Waals surface area (Å²) in [6.07, 6.45) is 0.782. The van der Waals surface area contributed by atoms with E-state index in [4.69, 9.17) is 14.2 Å². The summed E-state index contributed by atoms with van der Waals surface area (Å²) in [6.45, 7) is 4.56. The van der Waals surface area contributed by atoms with Crippen molar-refractivity contribution in [3.8, 4) is 0 Å². The van der Waals surface area contributed by atoms with Crippen molar-refractivity contribution in [2.45, 2.75) is 6.10 Å². The maximum atomic E-state index is 12.0. The highest BCUT2D eigenvalue weighted by Gasteiger charge is 2.16. The molecule has 0 bridgehead atoms. The molecule has 0 saturated carbocycles. The molecule has 1 atom stereocenters. The van der Waals surface area contributed by atoms with E-state index in [0.29, 0.717) is 18.8 Å². The van der Waals surface area contributed by atoms with Crippen molar-refractivity contribution >= 4 is 5.78 Å². The average molecular weight is 250 g/mol. The number of methoxy groups -OCH3 is 1. The van der Waals surface area contributed by atoms with Crippen LogP contribution in [-0.2, 0) is 14.2 Å². The summed E-state index contributed by atoms with van der Waals surface area (Å²) in [5, 5.41) is 0. The van der Waals surface area contributed by atoms with Crippen LogP contribution in [-0.4, -0.2) is 39.0 Å². The zero-order valence-electron chi connectivity index (χ0n) is 10.5. The Morgan fingerprint density at radius 2 is 2.06 bits per heavy atom. The van der Waals surface area contributed by atoms with Crippen LogP contribution >= 0.6 is 0 Å². The number of carbonyl (C=O) groups excluding carboxylic acids is 1. The number of hydrogen-bond donors (Lipinski definition) is 0. The Morgan fingerprint density at radius 1 is 1.33 bits per heavy atom. The van der Waals surface area contributed by atoms with E-state index >= 15 is 0 Å². The molecule has 98 valence electrons. The number of Topliss-reactive ketones (excluding diaryl/α,β-unsaturated/α-hetero) is 1. The van der Waals surface area contributed by atoms with Gasteiger partial charge < -0.3 is 14.2 Å². The number of hydrogen-bond acceptors (Lipinski definition) is 4. The van der Waals surface area contributed by atoms with Gasteiger partial charge in [0, 0.05) is 12.7 Å². The molecule has 1 aromatic rings. The van der Waals surface area contributed by atoms with Gasteiger partial charge in [0.05, 0.1) is 13.2 Å². The molecule has 1 rings (SSSR count). The Kier molecular flexibility index (Phi) is 6.94. The van der Waals surface area contributed by atoms with Gasteiger partial charge in [-0.25, -0.2) is 0 Å². The number of ketones is 1. The van der Waals surface area contributed by atoms with E-state index in [9.17, 15) is 4.79 Å². The van der Waals surface area contributed by atoms with Gasteiger partial charge in [0.2, 0.25) is 0 Å². The van der Waals surface area contributed by atoms with Crippen LogP contribution in [0.25, 0.3) is 0 Å². The quantitative estimate of drug-likeness (QED) is 0.291. The number of rotatable bonds is 9. The van der Waals surface area contributed by atoms with Crippen LogP contribution in [0.1, 0.15) is 10.4 Å². The second kappa shape index (κ2) is 8.58. The van der Waals surface area contributed by atoms with E-state index in [2.05, 4.69) is 6.58 Å². The van der Waals surface area contributed by atoms with Crippen molar-refractivity contribution in [3.05, 3.63) is 48.6 Å². The summed E-state index contributed by atoms with van der Waals surface area (Å²) in [6, 6.07) is 8.96. The van der Waals surface area contributed by atoms with Gasteiger partial charge in [0.15, 0.2) is 5.78 Å². The van der Waals surface area contributed by atoms with Gasteiger partial charge in [-0.3, -0.25) is 4.79 Å². The van der Waals surface area contributed by atoms with Gasteiger partial charge in [-0.05, 0) is 0 Å². The topological polar surface area (TPSA) is 44.8 Å². The standard InChI is InChI=1S/C14H18O4/c1-3-13(18-11-17-10-9-16-2)14(15)12-7-5-4-6-8-12/h3-8,13H,1,9-11H2,2H3/t13-/m0/s1. The van der Waals surface area contributed by atoms with Crippen molar-refractivity contribution in [1.82, 2.24) is 0 Å². The number of benzene rings is 1. The highest BCUT2D eigenvalue weighted by molar-refractivity contribution is 6.00. The average Bonchev–Trinajstić information content (AvgIpc) is 2.43. The smallest absolute Gasteiger partial charge is 0.195 e. The molecule has 0 aliphatic heterocycles. The number of ether oxygens (including phenoxy) is 3. The van der Waals surface area contributed by atoms with Crippen LogP contribution in [0.5, 0.6) is 0 Å². The minimum absolute atomic E-state index is 0.0403. The first kappa shape index (κ1) is 14.6. The zero-order chi connectivity index (χ0) is 13.2. The Bertz CT molecular complexity index is 361. The van der Waals surface area contributed by atoms with Crippen molar-refractivity contribution in [3.63, 3.8) is 0 Å². The first-order valence-corrected chi connectivity index (χ1v) is 5.69. The number of carbonyl (C=O) groups is 1. The van der Waals surface area contributed by atoms with Crippen LogP contribution in [0, 0.1) is 0 Å². The summed E-state index contributed by atoms with van der Waals surface area (Å²) in [5.74, 6) is -0.124. The molecule has 0 aromatic heterocycles. The molecule has 0 heterocycles. The Morgan fingerprint density at radius 3 is 2.67 bits per heavy atom. The third kappa shape index (κ3) is 4.79. The lowest BCUT2D eigenvalue weighted by molar-refractivity contribution is -0.0760. The van der Waals surface area contributed by atoms with Crippen LogP contribution in [0.2, 0.25) is 0 Å². The zero-order valence-corrected chi connectivity index (χ0v) is 10.5. The fourth-order valence-corrected chi connectivity index (χ4v) is 1.34. The van der Waals surface area contributed by atoms with Crippen molar-refractivity contribution < 1.29 is 19.0 Å². The van der Waals surface area contributed by atoms with Crippen LogP contribution in [0.4, 0.5) is 0 Å². The molecule has 1 aromatic carbocycles.